The molecule has 0 fully saturated rings. The van der Waals surface area contributed by atoms with Gasteiger partial charge in [-0.25, -0.2) is 0 Å². The molecule has 0 spiro atoms. The molecule has 2 amide bonds. The zero-order chi connectivity index (χ0) is 17.5. The van der Waals surface area contributed by atoms with Crippen LogP contribution in [0.25, 0.3) is 0 Å². The molecule has 0 heterocycles. The molecule has 0 unspecified atom stereocenters. The van der Waals surface area contributed by atoms with E-state index in [0.717, 1.165) is 6.42 Å². The molecule has 126 valence electrons. The van der Waals surface area contributed by atoms with Crippen LogP contribution in [0.4, 0.5) is 5.69 Å². The molecule has 4 heteroatoms. The van der Waals surface area contributed by atoms with Crippen molar-refractivity contribution in [1.29, 1.82) is 0 Å². The smallest absolute Gasteiger partial charge is 0.255 e. The Kier molecular flexibility index (Phi) is 6.13. The van der Waals surface area contributed by atoms with Gasteiger partial charge in [-0.3, -0.25) is 9.59 Å². The van der Waals surface area contributed by atoms with E-state index in [1.54, 1.807) is 29.2 Å². The van der Waals surface area contributed by atoms with E-state index in [-0.39, 0.29) is 11.8 Å². The van der Waals surface area contributed by atoms with Gasteiger partial charge in [-0.1, -0.05) is 19.1 Å². The number of carbonyl (C=O) groups excluding carboxylic acids is 2. The van der Waals surface area contributed by atoms with E-state index < -0.39 is 0 Å². The van der Waals surface area contributed by atoms with E-state index in [4.69, 9.17) is 0 Å². The average Bonchev–Trinajstić information content (AvgIpc) is 2.63. The maximum absolute atomic E-state index is 12.3. The molecule has 24 heavy (non-hydrogen) atoms. The normalized spacial score (nSPS) is 10.3. The fourth-order valence-corrected chi connectivity index (χ4v) is 2.48. The predicted molar refractivity (Wildman–Crippen MR) is 97.5 cm³/mol. The average molecular weight is 324 g/mol. The molecule has 4 nitrogen and oxygen atoms in total. The van der Waals surface area contributed by atoms with Crippen LogP contribution in [0.15, 0.2) is 48.5 Å². The van der Waals surface area contributed by atoms with Crippen molar-refractivity contribution in [3.8, 4) is 0 Å². The van der Waals surface area contributed by atoms with Gasteiger partial charge in [0.1, 0.15) is 0 Å². The van der Waals surface area contributed by atoms with E-state index >= 15 is 0 Å². The number of aryl methyl sites for hydroxylation is 1. The van der Waals surface area contributed by atoms with E-state index in [9.17, 15) is 9.59 Å². The number of carbonyl (C=O) groups is 2. The molecule has 0 aromatic heterocycles. The number of nitrogens with one attached hydrogen (secondary N) is 1. The summed E-state index contributed by atoms with van der Waals surface area (Å²) in [7, 11) is 0. The van der Waals surface area contributed by atoms with Gasteiger partial charge in [0.2, 0.25) is 0 Å². The third-order valence-electron chi connectivity index (χ3n) is 4.06. The number of amides is 2. The van der Waals surface area contributed by atoms with Gasteiger partial charge >= 0.3 is 0 Å². The standard InChI is InChI=1S/C20H24N2O2/c1-4-15-7-9-16(10-8-15)19(23)21-18-13-11-17(12-14-18)20(24)22(5-2)6-3/h7-14H,4-6H2,1-3H3,(H,21,23). The van der Waals surface area contributed by atoms with Crippen molar-refractivity contribution in [2.24, 2.45) is 0 Å². The fourth-order valence-electron chi connectivity index (χ4n) is 2.48. The highest BCUT2D eigenvalue weighted by Crippen LogP contribution is 2.14. The summed E-state index contributed by atoms with van der Waals surface area (Å²) in [5.74, 6) is -0.145. The minimum atomic E-state index is -0.152. The molecule has 0 saturated carbocycles. The molecule has 2 aromatic carbocycles. The second-order valence-corrected chi connectivity index (χ2v) is 5.56. The Labute approximate surface area is 143 Å². The SMILES string of the molecule is CCc1ccc(C(=O)Nc2ccc(C(=O)N(CC)CC)cc2)cc1. The molecule has 0 atom stereocenters. The lowest BCUT2D eigenvalue weighted by molar-refractivity contribution is 0.0773. The van der Waals surface area contributed by atoms with Gasteiger partial charge in [0.15, 0.2) is 0 Å². The third kappa shape index (κ3) is 4.22. The van der Waals surface area contributed by atoms with Crippen LogP contribution in [0.1, 0.15) is 47.1 Å². The zero-order valence-electron chi connectivity index (χ0n) is 14.5. The van der Waals surface area contributed by atoms with Crippen LogP contribution in [-0.2, 0) is 6.42 Å². The van der Waals surface area contributed by atoms with Crippen molar-refractivity contribution in [3.05, 3.63) is 65.2 Å². The van der Waals surface area contributed by atoms with E-state index in [2.05, 4.69) is 12.2 Å². The molecule has 0 bridgehead atoms. The molecule has 0 aliphatic rings. The Hall–Kier alpha value is -2.62. The van der Waals surface area contributed by atoms with Crippen LogP contribution in [0.5, 0.6) is 0 Å². The van der Waals surface area contributed by atoms with Gasteiger partial charge in [0.05, 0.1) is 0 Å². The monoisotopic (exact) mass is 324 g/mol. The highest BCUT2D eigenvalue weighted by atomic mass is 16.2. The summed E-state index contributed by atoms with van der Waals surface area (Å²) >= 11 is 0. The zero-order valence-corrected chi connectivity index (χ0v) is 14.5. The Morgan fingerprint density at radius 2 is 1.38 bits per heavy atom. The van der Waals surface area contributed by atoms with Crippen LogP contribution in [-0.4, -0.2) is 29.8 Å². The Balaban J connectivity index is 2.05. The summed E-state index contributed by atoms with van der Waals surface area (Å²) in [6.45, 7) is 7.36. The molecule has 0 radical (unpaired) electrons. The minimum Gasteiger partial charge on any atom is -0.339 e. The van der Waals surface area contributed by atoms with Gasteiger partial charge in [-0.15, -0.1) is 0 Å². The first-order valence-corrected chi connectivity index (χ1v) is 8.38. The lowest BCUT2D eigenvalue weighted by Gasteiger charge is -2.18. The number of benzene rings is 2. The first-order chi connectivity index (χ1) is 11.6. The first kappa shape index (κ1) is 17.7. The van der Waals surface area contributed by atoms with Gasteiger partial charge in [-0.2, -0.15) is 0 Å². The maximum atomic E-state index is 12.3. The Morgan fingerprint density at radius 1 is 0.833 bits per heavy atom. The lowest BCUT2D eigenvalue weighted by Crippen LogP contribution is -2.30. The van der Waals surface area contributed by atoms with Crippen molar-refractivity contribution in [2.75, 3.05) is 18.4 Å². The molecule has 2 rings (SSSR count). The fraction of sp³-hybridized carbons (Fsp3) is 0.300. The summed E-state index contributed by atoms with van der Waals surface area (Å²) < 4.78 is 0. The second kappa shape index (κ2) is 8.29. The summed E-state index contributed by atoms with van der Waals surface area (Å²) in [6, 6.07) is 14.6. The summed E-state index contributed by atoms with van der Waals surface area (Å²) in [6.07, 6.45) is 0.948. The topological polar surface area (TPSA) is 49.4 Å². The van der Waals surface area contributed by atoms with Gasteiger partial charge in [0.25, 0.3) is 11.8 Å². The largest absolute Gasteiger partial charge is 0.339 e. The van der Waals surface area contributed by atoms with Crippen LogP contribution < -0.4 is 5.32 Å². The van der Waals surface area contributed by atoms with Crippen molar-refractivity contribution in [1.82, 2.24) is 4.90 Å². The summed E-state index contributed by atoms with van der Waals surface area (Å²) in [5, 5.41) is 2.86. The van der Waals surface area contributed by atoms with Crippen molar-refractivity contribution in [3.63, 3.8) is 0 Å². The predicted octanol–water partition coefficient (Wildman–Crippen LogP) is 3.98. The highest BCUT2D eigenvalue weighted by Gasteiger charge is 2.12. The Morgan fingerprint density at radius 3 is 1.88 bits per heavy atom. The summed E-state index contributed by atoms with van der Waals surface area (Å²) in [4.78, 5) is 26.3. The van der Waals surface area contributed by atoms with Crippen molar-refractivity contribution >= 4 is 17.5 Å². The molecule has 0 saturated heterocycles. The molecule has 1 N–H and O–H groups in total. The second-order valence-electron chi connectivity index (χ2n) is 5.56. The first-order valence-electron chi connectivity index (χ1n) is 8.38. The third-order valence-corrected chi connectivity index (χ3v) is 4.06. The molecule has 0 aliphatic carbocycles. The van der Waals surface area contributed by atoms with Gasteiger partial charge in [-0.05, 0) is 62.2 Å². The number of nitrogens with zero attached hydrogens (tertiary/aromatic N) is 1. The lowest BCUT2D eigenvalue weighted by atomic mass is 10.1. The molecule has 2 aromatic rings. The summed E-state index contributed by atoms with van der Waals surface area (Å²) in [5.41, 5.74) is 3.13. The van der Waals surface area contributed by atoms with Crippen LogP contribution in [0, 0.1) is 0 Å². The quantitative estimate of drug-likeness (QED) is 0.873. The molecular weight excluding hydrogens is 300 g/mol. The van der Waals surface area contributed by atoms with E-state index in [1.165, 1.54) is 5.56 Å². The highest BCUT2D eigenvalue weighted by molar-refractivity contribution is 6.04. The number of hydrogen-bond acceptors (Lipinski definition) is 2. The maximum Gasteiger partial charge on any atom is 0.255 e. The number of anilines is 1. The number of hydrogen-bond donors (Lipinski definition) is 1. The minimum absolute atomic E-state index is 0.00744. The van der Waals surface area contributed by atoms with Crippen molar-refractivity contribution in [2.45, 2.75) is 27.2 Å². The van der Waals surface area contributed by atoms with Crippen LogP contribution in [0.2, 0.25) is 0 Å². The molecular formula is C20H24N2O2. The Bertz CT molecular complexity index is 687. The van der Waals surface area contributed by atoms with Gasteiger partial charge in [0, 0.05) is 29.9 Å². The van der Waals surface area contributed by atoms with Crippen molar-refractivity contribution < 1.29 is 9.59 Å². The molecule has 0 aliphatic heterocycles. The van der Waals surface area contributed by atoms with Crippen LogP contribution >= 0.6 is 0 Å². The van der Waals surface area contributed by atoms with E-state index in [0.29, 0.717) is 29.9 Å². The van der Waals surface area contributed by atoms with E-state index in [1.807, 2.05) is 38.1 Å². The van der Waals surface area contributed by atoms with Gasteiger partial charge < -0.3 is 10.2 Å². The van der Waals surface area contributed by atoms with Crippen LogP contribution in [0.3, 0.4) is 0 Å². The number of rotatable bonds is 6.